The number of carbonyl (C=O) groups excluding carboxylic acids is 2. The largest absolute Gasteiger partial charge is 0.466 e. The van der Waals surface area contributed by atoms with Gasteiger partial charge in [0.15, 0.2) is 5.16 Å². The van der Waals surface area contributed by atoms with Gasteiger partial charge in [-0.1, -0.05) is 12.1 Å². The van der Waals surface area contributed by atoms with Crippen molar-refractivity contribution in [3.63, 3.8) is 0 Å². The number of aromatic nitrogens is 2. The molecular formula is C18H17BrN4O4S. The van der Waals surface area contributed by atoms with Crippen molar-refractivity contribution in [3.8, 4) is 0 Å². The fourth-order valence-electron chi connectivity index (χ4n) is 2.59. The Morgan fingerprint density at radius 2 is 2.07 bits per heavy atom. The first-order valence-corrected chi connectivity index (χ1v) is 9.87. The molecule has 1 amide bonds. The number of benzene rings is 1. The van der Waals surface area contributed by atoms with Gasteiger partial charge in [-0.05, 0) is 39.8 Å². The van der Waals surface area contributed by atoms with Gasteiger partial charge in [0.05, 0.1) is 36.0 Å². The lowest BCUT2D eigenvalue weighted by Crippen LogP contribution is -2.31. The predicted octanol–water partition coefficient (Wildman–Crippen LogP) is 2.06. The molecule has 2 N–H and O–H groups in total. The number of halogens is 1. The second-order valence-electron chi connectivity index (χ2n) is 5.70. The molecule has 28 heavy (non-hydrogen) atoms. The molecule has 0 unspecified atom stereocenters. The summed E-state index contributed by atoms with van der Waals surface area (Å²) in [6.45, 7) is 0.0218. The van der Waals surface area contributed by atoms with Crippen LogP contribution in [0.3, 0.4) is 0 Å². The van der Waals surface area contributed by atoms with E-state index in [9.17, 15) is 9.59 Å². The number of hydrogen-bond donors (Lipinski definition) is 2. The van der Waals surface area contributed by atoms with Crippen molar-refractivity contribution in [1.29, 1.82) is 0 Å². The molecule has 146 valence electrons. The summed E-state index contributed by atoms with van der Waals surface area (Å²) >= 11 is 4.62. The minimum Gasteiger partial charge on any atom is -0.466 e. The molecule has 1 aliphatic rings. The quantitative estimate of drug-likeness (QED) is 0.473. The Morgan fingerprint density at radius 1 is 1.36 bits per heavy atom. The molecule has 0 fully saturated rings. The number of methoxy groups -OCH3 is 1. The molecule has 0 saturated heterocycles. The SMILES string of the molecule is COC(=O)C1=C(Nc2ccccc2Sc2ncc(Br)cn2)C(=O)N(CCO)C1. The lowest BCUT2D eigenvalue weighted by molar-refractivity contribution is -0.136. The molecule has 8 nitrogen and oxygen atoms in total. The summed E-state index contributed by atoms with van der Waals surface area (Å²) in [6, 6.07) is 7.33. The van der Waals surface area contributed by atoms with Crippen molar-refractivity contribution >= 4 is 45.3 Å². The zero-order valence-corrected chi connectivity index (χ0v) is 17.3. The summed E-state index contributed by atoms with van der Waals surface area (Å²) in [4.78, 5) is 35.5. The first-order chi connectivity index (χ1) is 13.5. The van der Waals surface area contributed by atoms with Gasteiger partial charge in [0.25, 0.3) is 5.91 Å². The van der Waals surface area contributed by atoms with Crippen LogP contribution in [-0.4, -0.2) is 58.7 Å². The molecule has 1 aromatic carbocycles. The van der Waals surface area contributed by atoms with E-state index in [0.29, 0.717) is 10.8 Å². The summed E-state index contributed by atoms with van der Waals surface area (Å²) in [5.41, 5.74) is 1.00. The van der Waals surface area contributed by atoms with Crippen LogP contribution in [-0.2, 0) is 14.3 Å². The number of ether oxygens (including phenoxy) is 1. The fourth-order valence-corrected chi connectivity index (χ4v) is 3.58. The van der Waals surface area contributed by atoms with Gasteiger partial charge >= 0.3 is 5.97 Å². The van der Waals surface area contributed by atoms with Crippen molar-refractivity contribution in [2.45, 2.75) is 10.1 Å². The molecule has 2 heterocycles. The van der Waals surface area contributed by atoms with Gasteiger partial charge in [-0.3, -0.25) is 4.79 Å². The molecule has 1 aliphatic heterocycles. The first-order valence-electron chi connectivity index (χ1n) is 8.26. The van der Waals surface area contributed by atoms with Crippen LogP contribution in [0.4, 0.5) is 5.69 Å². The van der Waals surface area contributed by atoms with Crippen molar-refractivity contribution in [3.05, 3.63) is 52.4 Å². The molecule has 3 rings (SSSR count). The van der Waals surface area contributed by atoms with E-state index in [2.05, 4.69) is 31.2 Å². The zero-order chi connectivity index (χ0) is 20.1. The number of nitrogens with zero attached hydrogens (tertiary/aromatic N) is 3. The van der Waals surface area contributed by atoms with Crippen LogP contribution in [0.5, 0.6) is 0 Å². The van der Waals surface area contributed by atoms with Crippen LogP contribution in [0.15, 0.2) is 62.5 Å². The minimum atomic E-state index is -0.585. The third-order valence-corrected chi connectivity index (χ3v) is 5.28. The number of amides is 1. The Kier molecular flexibility index (Phi) is 6.65. The predicted molar refractivity (Wildman–Crippen MR) is 107 cm³/mol. The number of para-hydroxylation sites is 1. The standard InChI is InChI=1S/C18H17BrN4O4S/c1-27-17(26)12-10-23(6-7-24)16(25)15(12)22-13-4-2-3-5-14(13)28-18-20-8-11(19)9-21-18/h2-5,8-9,22,24H,6-7,10H2,1H3. The maximum atomic E-state index is 12.7. The molecule has 0 saturated carbocycles. The molecule has 2 aromatic rings. The van der Waals surface area contributed by atoms with Gasteiger partial charge in [-0.15, -0.1) is 0 Å². The maximum absolute atomic E-state index is 12.7. The number of hydrogen-bond acceptors (Lipinski definition) is 8. The van der Waals surface area contributed by atoms with E-state index < -0.39 is 5.97 Å². The van der Waals surface area contributed by atoms with Gasteiger partial charge in [-0.2, -0.15) is 0 Å². The molecule has 0 aliphatic carbocycles. The molecule has 0 radical (unpaired) electrons. The average molecular weight is 465 g/mol. The van der Waals surface area contributed by atoms with Crippen LogP contribution < -0.4 is 5.32 Å². The van der Waals surface area contributed by atoms with E-state index in [-0.39, 0.29) is 36.9 Å². The number of anilines is 1. The molecular weight excluding hydrogens is 448 g/mol. The normalized spacial score (nSPS) is 13.8. The molecule has 0 atom stereocenters. The van der Waals surface area contributed by atoms with Gasteiger partial charge < -0.3 is 20.1 Å². The fraction of sp³-hybridized carbons (Fsp3) is 0.222. The Labute approximate surface area is 174 Å². The summed E-state index contributed by atoms with van der Waals surface area (Å²) in [6.07, 6.45) is 3.30. The highest BCUT2D eigenvalue weighted by molar-refractivity contribution is 9.10. The van der Waals surface area contributed by atoms with E-state index in [1.807, 2.05) is 18.2 Å². The summed E-state index contributed by atoms with van der Waals surface area (Å²) in [5.74, 6) is -0.952. The van der Waals surface area contributed by atoms with E-state index >= 15 is 0 Å². The lowest BCUT2D eigenvalue weighted by Gasteiger charge is -2.15. The van der Waals surface area contributed by atoms with Crippen molar-refractivity contribution in [2.75, 3.05) is 32.1 Å². The molecule has 1 aromatic heterocycles. The summed E-state index contributed by atoms with van der Waals surface area (Å²) < 4.78 is 5.58. The second kappa shape index (κ2) is 9.18. The smallest absolute Gasteiger partial charge is 0.337 e. The van der Waals surface area contributed by atoms with Gasteiger partial charge in [0.1, 0.15) is 5.70 Å². The highest BCUT2D eigenvalue weighted by Gasteiger charge is 2.34. The Hall–Kier alpha value is -2.43. The van der Waals surface area contributed by atoms with Crippen LogP contribution in [0, 0.1) is 0 Å². The topological polar surface area (TPSA) is 105 Å². The van der Waals surface area contributed by atoms with Gasteiger partial charge in [0.2, 0.25) is 0 Å². The number of rotatable bonds is 7. The zero-order valence-electron chi connectivity index (χ0n) is 14.9. The van der Waals surface area contributed by atoms with E-state index in [4.69, 9.17) is 9.84 Å². The average Bonchev–Trinajstić information content (AvgIpc) is 3.01. The number of β-amino-alcohol motifs (C(OH)–C–C–N with tert-alkyl or cyclic N) is 1. The number of aliphatic hydroxyl groups is 1. The van der Waals surface area contributed by atoms with Gasteiger partial charge in [0, 0.05) is 23.8 Å². The first kappa shape index (κ1) is 20.3. The Morgan fingerprint density at radius 3 is 2.75 bits per heavy atom. The van der Waals surface area contributed by atoms with Crippen LogP contribution in [0.25, 0.3) is 0 Å². The summed E-state index contributed by atoms with van der Waals surface area (Å²) in [7, 11) is 1.26. The van der Waals surface area contributed by atoms with E-state index in [1.54, 1.807) is 18.5 Å². The second-order valence-corrected chi connectivity index (χ2v) is 7.63. The Bertz CT molecular complexity index is 920. The van der Waals surface area contributed by atoms with Crippen molar-refractivity contribution < 1.29 is 19.4 Å². The molecule has 0 bridgehead atoms. The highest BCUT2D eigenvalue weighted by Crippen LogP contribution is 2.33. The third kappa shape index (κ3) is 4.51. The molecule has 10 heteroatoms. The van der Waals surface area contributed by atoms with Crippen molar-refractivity contribution in [1.82, 2.24) is 14.9 Å². The number of carbonyl (C=O) groups is 2. The minimum absolute atomic E-state index is 0.0829. The third-order valence-electron chi connectivity index (χ3n) is 3.90. The maximum Gasteiger partial charge on any atom is 0.337 e. The molecule has 0 spiro atoms. The van der Waals surface area contributed by atoms with Crippen molar-refractivity contribution in [2.24, 2.45) is 0 Å². The number of nitrogens with one attached hydrogen (secondary N) is 1. The van der Waals surface area contributed by atoms with E-state index in [1.165, 1.54) is 23.8 Å². The number of esters is 1. The van der Waals surface area contributed by atoms with E-state index in [0.717, 1.165) is 9.37 Å². The van der Waals surface area contributed by atoms with Crippen LogP contribution >= 0.6 is 27.7 Å². The summed E-state index contributed by atoms with van der Waals surface area (Å²) in [5, 5.41) is 12.8. The van der Waals surface area contributed by atoms with Crippen LogP contribution in [0.1, 0.15) is 0 Å². The highest BCUT2D eigenvalue weighted by atomic mass is 79.9. The lowest BCUT2D eigenvalue weighted by atomic mass is 10.2. The monoisotopic (exact) mass is 464 g/mol. The number of aliphatic hydroxyl groups excluding tert-OH is 1. The van der Waals surface area contributed by atoms with Crippen LogP contribution in [0.2, 0.25) is 0 Å². The van der Waals surface area contributed by atoms with Gasteiger partial charge in [-0.25, -0.2) is 14.8 Å². The Balaban J connectivity index is 1.90.